The summed E-state index contributed by atoms with van der Waals surface area (Å²) in [6.07, 6.45) is 5.81. The topological polar surface area (TPSA) is 57.1 Å². The van der Waals surface area contributed by atoms with Crippen LogP contribution in [0, 0.1) is 5.92 Å². The third-order valence-electron chi connectivity index (χ3n) is 5.40. The number of aliphatic imine (C=N–C) groups is 1. The first-order valence-corrected chi connectivity index (χ1v) is 9.58. The number of benzene rings is 1. The highest BCUT2D eigenvalue weighted by Crippen LogP contribution is 2.30. The summed E-state index contributed by atoms with van der Waals surface area (Å²) < 4.78 is 5.57. The second-order valence-electron chi connectivity index (χ2n) is 7.07. The third kappa shape index (κ3) is 4.27. The number of hydrogen-bond donors (Lipinski definition) is 2. The van der Waals surface area contributed by atoms with Gasteiger partial charge in [-0.3, -0.25) is 4.99 Å². The van der Waals surface area contributed by atoms with E-state index in [2.05, 4.69) is 21.3 Å². The van der Waals surface area contributed by atoms with Crippen LogP contribution in [-0.2, 0) is 24.1 Å². The molecule has 0 spiro atoms. The molecular weight excluding hydrogens is 314 g/mol. The van der Waals surface area contributed by atoms with Crippen molar-refractivity contribution in [2.45, 2.75) is 45.6 Å². The van der Waals surface area contributed by atoms with E-state index in [-0.39, 0.29) is 0 Å². The second-order valence-corrected chi connectivity index (χ2v) is 7.07. The molecule has 25 heavy (non-hydrogen) atoms. The normalized spacial score (nSPS) is 20.6. The van der Waals surface area contributed by atoms with Gasteiger partial charge in [-0.2, -0.15) is 0 Å². The fourth-order valence-electron chi connectivity index (χ4n) is 4.03. The molecule has 5 nitrogen and oxygen atoms in total. The third-order valence-corrected chi connectivity index (χ3v) is 5.40. The molecule has 0 bridgehead atoms. The SMILES string of the molecule is CCOCC1CCN(C(=NC)NCc2c(O)ccc3c2CCCC3)C1. The summed E-state index contributed by atoms with van der Waals surface area (Å²) in [7, 11) is 1.83. The summed E-state index contributed by atoms with van der Waals surface area (Å²) in [5.41, 5.74) is 3.78. The summed E-state index contributed by atoms with van der Waals surface area (Å²) in [5, 5.41) is 13.8. The van der Waals surface area contributed by atoms with Gasteiger partial charge in [-0.05, 0) is 56.2 Å². The number of nitrogens with zero attached hydrogens (tertiary/aromatic N) is 2. The molecule has 138 valence electrons. The summed E-state index contributed by atoms with van der Waals surface area (Å²) >= 11 is 0. The van der Waals surface area contributed by atoms with E-state index in [4.69, 9.17) is 4.74 Å². The smallest absolute Gasteiger partial charge is 0.193 e. The van der Waals surface area contributed by atoms with Gasteiger partial charge >= 0.3 is 0 Å². The standard InChI is InChI=1S/C20H31N3O2/c1-3-25-14-15-10-11-23(13-15)20(21-2)22-12-18-17-7-5-4-6-16(17)8-9-19(18)24/h8-9,15,24H,3-7,10-14H2,1-2H3,(H,21,22). The Labute approximate surface area is 151 Å². The van der Waals surface area contributed by atoms with Crippen LogP contribution in [0.4, 0.5) is 0 Å². The van der Waals surface area contributed by atoms with Crippen molar-refractivity contribution in [2.75, 3.05) is 33.4 Å². The lowest BCUT2D eigenvalue weighted by atomic mass is 9.88. The number of aryl methyl sites for hydroxylation is 1. The number of nitrogens with one attached hydrogen (secondary N) is 1. The van der Waals surface area contributed by atoms with Gasteiger partial charge in [-0.25, -0.2) is 0 Å². The maximum absolute atomic E-state index is 10.3. The monoisotopic (exact) mass is 345 g/mol. The Morgan fingerprint density at radius 1 is 1.36 bits per heavy atom. The molecule has 0 saturated carbocycles. The van der Waals surface area contributed by atoms with E-state index in [0.29, 0.717) is 18.2 Å². The number of guanidine groups is 1. The molecule has 1 aromatic rings. The first-order valence-electron chi connectivity index (χ1n) is 9.58. The van der Waals surface area contributed by atoms with Gasteiger partial charge in [0.1, 0.15) is 5.75 Å². The maximum Gasteiger partial charge on any atom is 0.193 e. The van der Waals surface area contributed by atoms with Gasteiger partial charge in [-0.15, -0.1) is 0 Å². The predicted molar refractivity (Wildman–Crippen MR) is 101 cm³/mol. The number of aromatic hydroxyl groups is 1. The largest absolute Gasteiger partial charge is 0.508 e. The van der Waals surface area contributed by atoms with Crippen LogP contribution >= 0.6 is 0 Å². The number of ether oxygens (including phenoxy) is 1. The first kappa shape index (κ1) is 18.1. The predicted octanol–water partition coefficient (Wildman–Crippen LogP) is 2.70. The summed E-state index contributed by atoms with van der Waals surface area (Å²) in [6, 6.07) is 3.93. The summed E-state index contributed by atoms with van der Waals surface area (Å²) in [6.45, 7) is 6.28. The van der Waals surface area contributed by atoms with Crippen LogP contribution in [-0.4, -0.2) is 49.3 Å². The van der Waals surface area contributed by atoms with Gasteiger partial charge in [0.15, 0.2) is 5.96 Å². The molecule has 1 aromatic carbocycles. The molecule has 2 N–H and O–H groups in total. The molecule has 2 aliphatic rings. The van der Waals surface area contributed by atoms with Crippen molar-refractivity contribution < 1.29 is 9.84 Å². The molecule has 1 heterocycles. The number of rotatable bonds is 5. The van der Waals surface area contributed by atoms with Gasteiger partial charge in [0.2, 0.25) is 0 Å². The molecule has 1 atom stereocenters. The highest BCUT2D eigenvalue weighted by molar-refractivity contribution is 5.80. The highest BCUT2D eigenvalue weighted by atomic mass is 16.5. The quantitative estimate of drug-likeness (QED) is 0.636. The average Bonchev–Trinajstić information content (AvgIpc) is 3.11. The zero-order valence-corrected chi connectivity index (χ0v) is 15.6. The molecule has 0 radical (unpaired) electrons. The van der Waals surface area contributed by atoms with E-state index < -0.39 is 0 Å². The molecule has 0 amide bonds. The first-order chi connectivity index (χ1) is 12.2. The van der Waals surface area contributed by atoms with Crippen molar-refractivity contribution in [3.63, 3.8) is 0 Å². The average molecular weight is 345 g/mol. The zero-order chi connectivity index (χ0) is 17.6. The van der Waals surface area contributed by atoms with Gasteiger partial charge in [0, 0.05) is 44.8 Å². The van der Waals surface area contributed by atoms with Crippen LogP contribution in [0.3, 0.4) is 0 Å². The molecule has 1 unspecified atom stereocenters. The van der Waals surface area contributed by atoms with Crippen molar-refractivity contribution >= 4 is 5.96 Å². The van der Waals surface area contributed by atoms with Crippen molar-refractivity contribution in [3.8, 4) is 5.75 Å². The van der Waals surface area contributed by atoms with Gasteiger partial charge < -0.3 is 20.1 Å². The molecule has 3 rings (SSSR count). The fraction of sp³-hybridized carbons (Fsp3) is 0.650. The maximum atomic E-state index is 10.3. The minimum absolute atomic E-state index is 0.402. The lowest BCUT2D eigenvalue weighted by Gasteiger charge is -2.24. The van der Waals surface area contributed by atoms with Gasteiger partial charge in [-0.1, -0.05) is 6.07 Å². The Balaban J connectivity index is 1.63. The Bertz CT molecular complexity index is 615. The second kappa shape index (κ2) is 8.56. The molecular formula is C20H31N3O2. The van der Waals surface area contributed by atoms with Crippen molar-refractivity contribution in [1.29, 1.82) is 0 Å². The molecule has 1 saturated heterocycles. The van der Waals surface area contributed by atoms with Crippen LogP contribution in [0.5, 0.6) is 5.75 Å². The van der Waals surface area contributed by atoms with Gasteiger partial charge in [0.25, 0.3) is 0 Å². The Kier molecular flexibility index (Phi) is 6.19. The van der Waals surface area contributed by atoms with E-state index in [1.807, 2.05) is 20.0 Å². The molecule has 0 aromatic heterocycles. The van der Waals surface area contributed by atoms with Crippen molar-refractivity contribution in [1.82, 2.24) is 10.2 Å². The van der Waals surface area contributed by atoms with Gasteiger partial charge in [0.05, 0.1) is 6.61 Å². The van der Waals surface area contributed by atoms with E-state index in [1.54, 1.807) is 0 Å². The minimum atomic E-state index is 0.402. The fourth-order valence-corrected chi connectivity index (χ4v) is 4.03. The van der Waals surface area contributed by atoms with Crippen LogP contribution in [0.15, 0.2) is 17.1 Å². The summed E-state index contributed by atoms with van der Waals surface area (Å²) in [4.78, 5) is 6.75. The molecule has 1 aliphatic heterocycles. The zero-order valence-electron chi connectivity index (χ0n) is 15.6. The van der Waals surface area contributed by atoms with Crippen LogP contribution in [0.25, 0.3) is 0 Å². The number of hydrogen-bond acceptors (Lipinski definition) is 3. The molecule has 1 fully saturated rings. The van der Waals surface area contributed by atoms with E-state index in [0.717, 1.165) is 57.1 Å². The van der Waals surface area contributed by atoms with E-state index >= 15 is 0 Å². The number of phenolic OH excluding ortho intramolecular Hbond substituents is 1. The van der Waals surface area contributed by atoms with E-state index in [9.17, 15) is 5.11 Å². The summed E-state index contributed by atoms with van der Waals surface area (Å²) in [5.74, 6) is 1.91. The number of fused-ring (bicyclic) bond motifs is 1. The molecule has 5 heteroatoms. The number of likely N-dealkylation sites (tertiary alicyclic amines) is 1. The minimum Gasteiger partial charge on any atom is -0.508 e. The lowest BCUT2D eigenvalue weighted by molar-refractivity contribution is 0.114. The highest BCUT2D eigenvalue weighted by Gasteiger charge is 2.25. The Morgan fingerprint density at radius 2 is 2.20 bits per heavy atom. The van der Waals surface area contributed by atoms with Crippen LogP contribution < -0.4 is 5.32 Å². The van der Waals surface area contributed by atoms with E-state index in [1.165, 1.54) is 24.0 Å². The lowest BCUT2D eigenvalue weighted by Crippen LogP contribution is -2.40. The Hall–Kier alpha value is -1.75. The van der Waals surface area contributed by atoms with Crippen molar-refractivity contribution in [3.05, 3.63) is 28.8 Å². The molecule has 1 aliphatic carbocycles. The van der Waals surface area contributed by atoms with Crippen LogP contribution in [0.2, 0.25) is 0 Å². The number of phenols is 1. The Morgan fingerprint density at radius 3 is 3.00 bits per heavy atom. The van der Waals surface area contributed by atoms with Crippen molar-refractivity contribution in [2.24, 2.45) is 10.9 Å². The van der Waals surface area contributed by atoms with Crippen LogP contribution in [0.1, 0.15) is 42.9 Å².